The van der Waals surface area contributed by atoms with E-state index in [-0.39, 0.29) is 11.7 Å². The number of nitrogens with zero attached hydrogens (tertiary/aromatic N) is 2. The smallest absolute Gasteiger partial charge is 0.341 e. The molecule has 0 spiro atoms. The largest absolute Gasteiger partial charge is 0.467 e. The zero-order valence-electron chi connectivity index (χ0n) is 16.2. The van der Waals surface area contributed by atoms with Crippen LogP contribution in [0.2, 0.25) is 0 Å². The monoisotopic (exact) mass is 464 g/mol. The van der Waals surface area contributed by atoms with E-state index in [4.69, 9.17) is 9.15 Å². The van der Waals surface area contributed by atoms with Gasteiger partial charge in [-0.3, -0.25) is 4.79 Å². The summed E-state index contributed by atoms with van der Waals surface area (Å²) in [5.74, 6) is 0.396. The Morgan fingerprint density at radius 2 is 2.13 bits per heavy atom. The summed E-state index contributed by atoms with van der Waals surface area (Å²) < 4.78 is 10.9. The lowest BCUT2D eigenvalue weighted by molar-refractivity contribution is -0.113. The molecule has 30 heavy (non-hydrogen) atoms. The first-order valence-corrected chi connectivity index (χ1v) is 12.0. The van der Waals surface area contributed by atoms with Gasteiger partial charge in [0.1, 0.15) is 10.8 Å². The van der Waals surface area contributed by atoms with Gasteiger partial charge >= 0.3 is 5.97 Å². The number of methoxy groups -OCH3 is 1. The molecule has 3 heterocycles. The van der Waals surface area contributed by atoms with Crippen LogP contribution >= 0.6 is 34.4 Å². The third-order valence-corrected chi connectivity index (χ3v) is 7.76. The van der Waals surface area contributed by atoms with E-state index >= 15 is 0 Å². The number of nitrogens with one attached hydrogen (secondary N) is 2. The number of anilines is 2. The van der Waals surface area contributed by atoms with Crippen LogP contribution in [0.4, 0.5) is 10.1 Å². The molecule has 4 rings (SSSR count). The van der Waals surface area contributed by atoms with Crippen LogP contribution in [0.1, 0.15) is 39.4 Å². The van der Waals surface area contributed by atoms with Gasteiger partial charge < -0.3 is 19.8 Å². The number of hydrogen-bond donors (Lipinski definition) is 2. The predicted molar refractivity (Wildman–Crippen MR) is 118 cm³/mol. The van der Waals surface area contributed by atoms with E-state index in [0.29, 0.717) is 26.6 Å². The molecule has 0 fully saturated rings. The van der Waals surface area contributed by atoms with Crippen molar-refractivity contribution in [2.75, 3.05) is 23.5 Å². The highest BCUT2D eigenvalue weighted by Gasteiger charge is 2.27. The van der Waals surface area contributed by atoms with E-state index in [1.54, 1.807) is 6.26 Å². The Morgan fingerprint density at radius 3 is 2.93 bits per heavy atom. The van der Waals surface area contributed by atoms with E-state index in [1.807, 2.05) is 12.1 Å². The van der Waals surface area contributed by atoms with Gasteiger partial charge in [0.15, 0.2) is 4.34 Å². The number of aromatic nitrogens is 2. The molecule has 1 amide bonds. The lowest BCUT2D eigenvalue weighted by Crippen LogP contribution is -2.16. The molecule has 3 aromatic rings. The molecule has 0 aliphatic heterocycles. The van der Waals surface area contributed by atoms with Crippen molar-refractivity contribution in [1.82, 2.24) is 10.2 Å². The van der Waals surface area contributed by atoms with E-state index in [9.17, 15) is 9.59 Å². The standard InChI is InChI=1S/C19H20N4O4S3/c1-26-17(25)15-12-6-2-3-7-13(12)29-16(15)21-14(24)10-28-19-23-22-18(30-19)20-9-11-5-4-8-27-11/h4-5,8H,2-3,6-7,9-10H2,1H3,(H,20,22)(H,21,24). The molecule has 0 bridgehead atoms. The number of furan rings is 1. The van der Waals surface area contributed by atoms with Gasteiger partial charge in [-0.2, -0.15) is 0 Å². The van der Waals surface area contributed by atoms with Gasteiger partial charge in [-0.25, -0.2) is 4.79 Å². The number of fused-ring (bicyclic) bond motifs is 1. The van der Waals surface area contributed by atoms with Crippen LogP contribution in [0.15, 0.2) is 27.2 Å². The van der Waals surface area contributed by atoms with E-state index in [2.05, 4.69) is 20.8 Å². The highest BCUT2D eigenvalue weighted by atomic mass is 32.2. The summed E-state index contributed by atoms with van der Waals surface area (Å²) >= 11 is 4.16. The number of thiophene rings is 1. The summed E-state index contributed by atoms with van der Waals surface area (Å²) in [5.41, 5.74) is 1.54. The Bertz CT molecular complexity index is 1030. The van der Waals surface area contributed by atoms with E-state index in [0.717, 1.165) is 37.0 Å². The van der Waals surface area contributed by atoms with Crippen molar-refractivity contribution in [3.63, 3.8) is 0 Å². The number of rotatable bonds is 8. The minimum Gasteiger partial charge on any atom is -0.467 e. The fraction of sp³-hybridized carbons (Fsp3) is 0.368. The number of esters is 1. The second-order valence-electron chi connectivity index (χ2n) is 6.55. The Kier molecular flexibility index (Phi) is 6.70. The first-order chi connectivity index (χ1) is 14.6. The number of amides is 1. The molecule has 1 aliphatic rings. The minimum atomic E-state index is -0.395. The van der Waals surface area contributed by atoms with Gasteiger partial charge in [0, 0.05) is 4.88 Å². The van der Waals surface area contributed by atoms with Crippen LogP contribution < -0.4 is 10.6 Å². The summed E-state index contributed by atoms with van der Waals surface area (Å²) in [7, 11) is 1.36. The summed E-state index contributed by atoms with van der Waals surface area (Å²) in [6.45, 7) is 0.520. The fourth-order valence-electron chi connectivity index (χ4n) is 3.18. The van der Waals surface area contributed by atoms with Crippen LogP contribution in [0.25, 0.3) is 0 Å². The molecule has 0 atom stereocenters. The third-order valence-electron chi connectivity index (χ3n) is 4.54. The van der Waals surface area contributed by atoms with Crippen LogP contribution in [0.5, 0.6) is 0 Å². The Morgan fingerprint density at radius 1 is 1.27 bits per heavy atom. The summed E-state index contributed by atoms with van der Waals surface area (Å²) in [6, 6.07) is 3.70. The SMILES string of the molecule is COC(=O)c1c(NC(=O)CSc2nnc(NCc3ccco3)s2)sc2c1CCCC2. The maximum absolute atomic E-state index is 12.5. The van der Waals surface area contributed by atoms with Crippen LogP contribution in [0.3, 0.4) is 0 Å². The summed E-state index contributed by atoms with van der Waals surface area (Å²) in [5, 5.41) is 15.4. The van der Waals surface area contributed by atoms with Crippen molar-refractivity contribution in [2.24, 2.45) is 0 Å². The molecular formula is C19H20N4O4S3. The third kappa shape index (κ3) is 4.85. The van der Waals surface area contributed by atoms with Crippen molar-refractivity contribution < 1.29 is 18.7 Å². The normalized spacial score (nSPS) is 13.0. The second kappa shape index (κ2) is 9.63. The average Bonchev–Trinajstić information content (AvgIpc) is 3.49. The topological polar surface area (TPSA) is 106 Å². The molecule has 11 heteroatoms. The highest BCUT2D eigenvalue weighted by molar-refractivity contribution is 8.01. The first kappa shape index (κ1) is 20.9. The molecule has 8 nitrogen and oxygen atoms in total. The first-order valence-electron chi connectivity index (χ1n) is 9.39. The number of hydrogen-bond acceptors (Lipinski definition) is 10. The second-order valence-corrected chi connectivity index (χ2v) is 9.85. The van der Waals surface area contributed by atoms with Gasteiger partial charge in [0.2, 0.25) is 11.0 Å². The van der Waals surface area contributed by atoms with Crippen LogP contribution in [-0.2, 0) is 28.9 Å². The highest BCUT2D eigenvalue weighted by Crippen LogP contribution is 2.38. The molecular weight excluding hydrogens is 444 g/mol. The zero-order chi connectivity index (χ0) is 20.9. The number of carbonyl (C=O) groups is 2. The van der Waals surface area contributed by atoms with Crippen molar-refractivity contribution >= 4 is 56.4 Å². The molecule has 3 aromatic heterocycles. The molecule has 2 N–H and O–H groups in total. The van der Waals surface area contributed by atoms with E-state index < -0.39 is 5.97 Å². The van der Waals surface area contributed by atoms with Gasteiger partial charge in [-0.05, 0) is 43.4 Å². The molecule has 0 unspecified atom stereocenters. The van der Waals surface area contributed by atoms with Crippen molar-refractivity contribution in [1.29, 1.82) is 0 Å². The predicted octanol–water partition coefficient (Wildman–Crippen LogP) is 4.20. The maximum Gasteiger partial charge on any atom is 0.341 e. The maximum atomic E-state index is 12.5. The number of aryl methyl sites for hydroxylation is 1. The Labute approximate surface area is 185 Å². The van der Waals surface area contributed by atoms with Crippen LogP contribution in [-0.4, -0.2) is 34.9 Å². The summed E-state index contributed by atoms with van der Waals surface area (Å²) in [4.78, 5) is 25.9. The summed E-state index contributed by atoms with van der Waals surface area (Å²) in [6.07, 6.45) is 5.55. The van der Waals surface area contributed by atoms with Gasteiger partial charge in [0.25, 0.3) is 0 Å². The molecule has 0 aromatic carbocycles. The van der Waals surface area contributed by atoms with Crippen molar-refractivity contribution in [3.8, 4) is 0 Å². The van der Waals surface area contributed by atoms with Crippen LogP contribution in [0, 0.1) is 0 Å². The zero-order valence-corrected chi connectivity index (χ0v) is 18.7. The number of carbonyl (C=O) groups excluding carboxylic acids is 2. The Balaban J connectivity index is 1.34. The number of ether oxygens (including phenoxy) is 1. The quantitative estimate of drug-likeness (QED) is 0.377. The molecule has 0 radical (unpaired) electrons. The fourth-order valence-corrected chi connectivity index (χ4v) is 6.02. The molecule has 0 saturated carbocycles. The lowest BCUT2D eigenvalue weighted by atomic mass is 9.95. The van der Waals surface area contributed by atoms with Gasteiger partial charge in [-0.1, -0.05) is 23.1 Å². The lowest BCUT2D eigenvalue weighted by Gasteiger charge is -2.11. The van der Waals surface area contributed by atoms with Gasteiger partial charge in [-0.15, -0.1) is 21.5 Å². The van der Waals surface area contributed by atoms with Gasteiger partial charge in [0.05, 0.1) is 31.2 Å². The van der Waals surface area contributed by atoms with E-state index in [1.165, 1.54) is 46.4 Å². The minimum absolute atomic E-state index is 0.177. The van der Waals surface area contributed by atoms with Crippen molar-refractivity contribution in [2.45, 2.75) is 36.6 Å². The average molecular weight is 465 g/mol. The Hall–Kier alpha value is -2.37. The molecule has 0 saturated heterocycles. The molecule has 1 aliphatic carbocycles. The van der Waals surface area contributed by atoms with Crippen molar-refractivity contribution in [3.05, 3.63) is 40.2 Å². The number of thioether (sulfide) groups is 1. The molecule has 158 valence electrons.